The molecule has 132 valence electrons. The molecule has 1 heterocycles. The molecule has 25 heavy (non-hydrogen) atoms. The molecular formula is C20H23BrN2OS. The van der Waals surface area contributed by atoms with Crippen LogP contribution >= 0.6 is 27.3 Å². The fraction of sp³-hybridized carbons (Fsp3) is 0.600. The van der Waals surface area contributed by atoms with E-state index in [4.69, 9.17) is 4.98 Å². The van der Waals surface area contributed by atoms with Crippen LogP contribution in [0.4, 0.5) is 5.13 Å². The number of alkyl halides is 1. The highest BCUT2D eigenvalue weighted by atomic mass is 79.9. The quantitative estimate of drug-likeness (QED) is 0.626. The molecule has 4 fully saturated rings. The molecule has 4 aliphatic carbocycles. The van der Waals surface area contributed by atoms with Crippen LogP contribution in [0, 0.1) is 17.3 Å². The van der Waals surface area contributed by atoms with Gasteiger partial charge in [0.2, 0.25) is 5.91 Å². The molecule has 2 atom stereocenters. The lowest BCUT2D eigenvalue weighted by Crippen LogP contribution is -2.59. The first-order chi connectivity index (χ1) is 12.0. The first-order valence-electron chi connectivity index (χ1n) is 9.37. The van der Waals surface area contributed by atoms with Crippen LogP contribution in [-0.2, 0) is 4.79 Å². The molecule has 1 aromatic carbocycles. The zero-order valence-corrected chi connectivity index (χ0v) is 16.9. The average Bonchev–Trinajstić information content (AvgIpc) is 2.96. The summed E-state index contributed by atoms with van der Waals surface area (Å²) in [6.07, 6.45) is 7.01. The van der Waals surface area contributed by atoms with Gasteiger partial charge in [-0.15, -0.1) is 0 Å². The summed E-state index contributed by atoms with van der Waals surface area (Å²) in [7, 11) is 0. The van der Waals surface area contributed by atoms with Gasteiger partial charge in [-0.3, -0.25) is 9.69 Å². The monoisotopic (exact) mass is 418 g/mol. The van der Waals surface area contributed by atoms with Gasteiger partial charge in [0.25, 0.3) is 0 Å². The standard InChI is InChI=1S/C20H23BrN2OS/c1-2-23(18-22-15-5-3-4-6-16(15)25-18)17(24)19-8-13-7-14(9-19)11-20(21,10-13)12-19/h3-6,13-14H,2,7-12H2,1H3. The lowest BCUT2D eigenvalue weighted by Gasteiger charge is -2.59. The van der Waals surface area contributed by atoms with Crippen molar-refractivity contribution in [1.82, 2.24) is 4.98 Å². The molecule has 1 amide bonds. The number of halogens is 1. The normalized spacial score (nSPS) is 36.1. The van der Waals surface area contributed by atoms with Crippen LogP contribution in [0.5, 0.6) is 0 Å². The fourth-order valence-electron chi connectivity index (χ4n) is 6.03. The second-order valence-corrected chi connectivity index (χ2v) is 11.1. The number of nitrogens with zero attached hydrogens (tertiary/aromatic N) is 2. The molecule has 5 heteroatoms. The molecule has 0 aliphatic heterocycles. The first kappa shape index (κ1) is 16.2. The van der Waals surface area contributed by atoms with Gasteiger partial charge in [0.05, 0.1) is 15.6 Å². The second-order valence-electron chi connectivity index (χ2n) is 8.41. The summed E-state index contributed by atoms with van der Waals surface area (Å²) < 4.78 is 1.37. The van der Waals surface area contributed by atoms with Crippen LogP contribution in [0.15, 0.2) is 24.3 Å². The highest BCUT2D eigenvalue weighted by Gasteiger charge is 2.60. The smallest absolute Gasteiger partial charge is 0.235 e. The van der Waals surface area contributed by atoms with Crippen LogP contribution in [0.2, 0.25) is 0 Å². The van der Waals surface area contributed by atoms with Crippen molar-refractivity contribution in [2.24, 2.45) is 17.3 Å². The Morgan fingerprint density at radius 1 is 1.28 bits per heavy atom. The summed E-state index contributed by atoms with van der Waals surface area (Å²) in [6, 6.07) is 8.17. The molecule has 2 unspecified atom stereocenters. The van der Waals surface area contributed by atoms with Gasteiger partial charge in [0.15, 0.2) is 5.13 Å². The van der Waals surface area contributed by atoms with E-state index in [0.717, 1.165) is 46.4 Å². The molecule has 0 spiro atoms. The lowest BCUT2D eigenvalue weighted by atomic mass is 9.49. The number of para-hydroxylation sites is 1. The maximum atomic E-state index is 13.7. The van der Waals surface area contributed by atoms with Gasteiger partial charge in [-0.25, -0.2) is 4.98 Å². The van der Waals surface area contributed by atoms with E-state index in [1.807, 2.05) is 23.1 Å². The Balaban J connectivity index is 1.51. The summed E-state index contributed by atoms with van der Waals surface area (Å²) in [5.41, 5.74) is 0.831. The topological polar surface area (TPSA) is 33.2 Å². The molecule has 4 bridgehead atoms. The van der Waals surface area contributed by atoms with Gasteiger partial charge in [-0.05, 0) is 69.4 Å². The van der Waals surface area contributed by atoms with Crippen molar-refractivity contribution in [3.8, 4) is 0 Å². The van der Waals surface area contributed by atoms with E-state index in [-0.39, 0.29) is 9.74 Å². The predicted octanol–water partition coefficient (Wildman–Crippen LogP) is 5.38. The van der Waals surface area contributed by atoms with E-state index in [1.54, 1.807) is 11.3 Å². The molecule has 4 saturated carbocycles. The van der Waals surface area contributed by atoms with Gasteiger partial charge in [-0.1, -0.05) is 39.4 Å². The van der Waals surface area contributed by atoms with Crippen LogP contribution < -0.4 is 4.90 Å². The molecule has 1 aromatic heterocycles. The number of aromatic nitrogens is 1. The third kappa shape index (κ3) is 2.49. The van der Waals surface area contributed by atoms with Crippen molar-refractivity contribution in [3.05, 3.63) is 24.3 Å². The molecule has 2 aromatic rings. The van der Waals surface area contributed by atoms with Crippen molar-refractivity contribution in [2.75, 3.05) is 11.4 Å². The van der Waals surface area contributed by atoms with E-state index in [1.165, 1.54) is 19.3 Å². The zero-order valence-electron chi connectivity index (χ0n) is 14.5. The van der Waals surface area contributed by atoms with Crippen molar-refractivity contribution in [2.45, 2.75) is 49.8 Å². The summed E-state index contributed by atoms with van der Waals surface area (Å²) in [6.45, 7) is 2.78. The number of carbonyl (C=O) groups is 1. The zero-order chi connectivity index (χ0) is 17.2. The summed E-state index contributed by atoms with van der Waals surface area (Å²) >= 11 is 5.68. The summed E-state index contributed by atoms with van der Waals surface area (Å²) in [5, 5.41) is 0.869. The number of thiazole rings is 1. The Hall–Kier alpha value is -0.940. The Morgan fingerprint density at radius 2 is 2.00 bits per heavy atom. The van der Waals surface area contributed by atoms with Gasteiger partial charge >= 0.3 is 0 Å². The summed E-state index contributed by atoms with van der Waals surface area (Å²) in [4.78, 5) is 20.4. The summed E-state index contributed by atoms with van der Waals surface area (Å²) in [5.74, 6) is 1.77. The van der Waals surface area contributed by atoms with E-state index in [0.29, 0.717) is 12.5 Å². The molecule has 4 aliphatic rings. The number of carbonyl (C=O) groups excluding carboxylic acids is 1. The fourth-order valence-corrected chi connectivity index (χ4v) is 8.51. The van der Waals surface area contributed by atoms with E-state index in [2.05, 4.69) is 28.9 Å². The lowest BCUT2D eigenvalue weighted by molar-refractivity contribution is -0.141. The van der Waals surface area contributed by atoms with Gasteiger partial charge in [0.1, 0.15) is 0 Å². The van der Waals surface area contributed by atoms with Crippen LogP contribution in [0.25, 0.3) is 10.2 Å². The number of fused-ring (bicyclic) bond motifs is 1. The predicted molar refractivity (Wildman–Crippen MR) is 106 cm³/mol. The van der Waals surface area contributed by atoms with Crippen LogP contribution in [-0.4, -0.2) is 21.8 Å². The third-order valence-electron chi connectivity index (χ3n) is 6.52. The largest absolute Gasteiger partial charge is 0.288 e. The van der Waals surface area contributed by atoms with Crippen molar-refractivity contribution in [1.29, 1.82) is 0 Å². The number of amides is 1. The second kappa shape index (κ2) is 5.53. The maximum absolute atomic E-state index is 13.7. The highest BCUT2D eigenvalue weighted by molar-refractivity contribution is 9.10. The minimum atomic E-state index is -0.165. The number of benzene rings is 1. The Bertz CT molecular complexity index is 800. The molecule has 3 nitrogen and oxygen atoms in total. The Morgan fingerprint density at radius 3 is 2.64 bits per heavy atom. The minimum absolute atomic E-state index is 0.165. The van der Waals surface area contributed by atoms with Gasteiger partial charge in [0, 0.05) is 10.9 Å². The number of hydrogen-bond acceptors (Lipinski definition) is 3. The SMILES string of the molecule is CCN(C(=O)C12CC3CC(CC(Br)(C3)C1)C2)c1nc2ccccc2s1. The number of hydrogen-bond donors (Lipinski definition) is 0. The number of rotatable bonds is 3. The van der Waals surface area contributed by atoms with Gasteiger partial charge < -0.3 is 0 Å². The first-order valence-corrected chi connectivity index (χ1v) is 11.0. The average molecular weight is 419 g/mol. The van der Waals surface area contributed by atoms with E-state index in [9.17, 15) is 4.79 Å². The molecule has 0 N–H and O–H groups in total. The molecule has 0 radical (unpaired) electrons. The molecule has 6 rings (SSSR count). The van der Waals surface area contributed by atoms with Gasteiger partial charge in [-0.2, -0.15) is 0 Å². The number of anilines is 1. The molecular weight excluding hydrogens is 396 g/mol. The van der Waals surface area contributed by atoms with E-state index >= 15 is 0 Å². The minimum Gasteiger partial charge on any atom is -0.288 e. The van der Waals surface area contributed by atoms with Crippen LogP contribution in [0.3, 0.4) is 0 Å². The Kier molecular flexibility index (Phi) is 3.59. The maximum Gasteiger partial charge on any atom is 0.235 e. The Labute approximate surface area is 160 Å². The third-order valence-corrected chi connectivity index (χ3v) is 8.51. The molecule has 0 saturated heterocycles. The highest BCUT2D eigenvalue weighted by Crippen LogP contribution is 2.65. The van der Waals surface area contributed by atoms with Crippen molar-refractivity contribution >= 4 is 48.5 Å². The van der Waals surface area contributed by atoms with Crippen LogP contribution in [0.1, 0.15) is 45.4 Å². The van der Waals surface area contributed by atoms with E-state index < -0.39 is 0 Å². The van der Waals surface area contributed by atoms with Crippen molar-refractivity contribution in [3.63, 3.8) is 0 Å². The van der Waals surface area contributed by atoms with Crippen molar-refractivity contribution < 1.29 is 4.79 Å².